The molecular weight excluding hydrogens is 505 g/mol. The topological polar surface area (TPSA) is 66.8 Å². The molecule has 1 N–H and O–H groups in total. The van der Waals surface area contributed by atoms with Gasteiger partial charge in [-0.25, -0.2) is 4.39 Å². The van der Waals surface area contributed by atoms with Gasteiger partial charge in [-0.1, -0.05) is 55.3 Å². The van der Waals surface area contributed by atoms with E-state index in [2.05, 4.69) is 19.1 Å². The maximum absolute atomic E-state index is 13.6. The van der Waals surface area contributed by atoms with Crippen LogP contribution in [0.5, 0.6) is 5.75 Å². The zero-order chi connectivity index (χ0) is 27.3. The van der Waals surface area contributed by atoms with Crippen LogP contribution in [0.25, 0.3) is 0 Å². The van der Waals surface area contributed by atoms with Crippen LogP contribution < -0.4 is 4.74 Å². The van der Waals surface area contributed by atoms with Crippen LogP contribution in [0, 0.1) is 5.82 Å². The Morgan fingerprint density at radius 2 is 1.76 bits per heavy atom. The normalized spacial score (nSPS) is 16.1. The number of ether oxygens (including phenoxy) is 1. The Bertz CT molecular complexity index is 1310. The average molecular weight is 538 g/mol. The van der Waals surface area contributed by atoms with Gasteiger partial charge in [-0.15, -0.1) is 0 Å². The summed E-state index contributed by atoms with van der Waals surface area (Å²) in [6, 6.07) is 18.2. The molecule has 0 aromatic heterocycles. The van der Waals surface area contributed by atoms with E-state index in [1.54, 1.807) is 29.2 Å². The fourth-order valence-corrected chi connectivity index (χ4v) is 5.12. The molecule has 0 aliphatic carbocycles. The first-order valence-electron chi connectivity index (χ1n) is 13.0. The van der Waals surface area contributed by atoms with Gasteiger partial charge in [0.2, 0.25) is 0 Å². The Morgan fingerprint density at radius 3 is 2.45 bits per heavy atom. The Hall–Kier alpha value is -3.38. The van der Waals surface area contributed by atoms with Crippen molar-refractivity contribution in [3.05, 3.63) is 99.3 Å². The summed E-state index contributed by atoms with van der Waals surface area (Å²) in [7, 11) is 0. The van der Waals surface area contributed by atoms with Crippen LogP contribution in [0.4, 0.5) is 4.39 Å². The first-order chi connectivity index (χ1) is 18.2. The molecule has 0 fully saturated rings. The smallest absolute Gasteiger partial charge is 0.305 e. The molecule has 0 unspecified atom stereocenters. The van der Waals surface area contributed by atoms with Crippen molar-refractivity contribution in [1.82, 2.24) is 4.90 Å². The van der Waals surface area contributed by atoms with Crippen LogP contribution in [-0.2, 0) is 30.6 Å². The van der Waals surface area contributed by atoms with Gasteiger partial charge in [0.05, 0.1) is 11.4 Å². The number of fused-ring (bicyclic) bond motifs is 1. The van der Waals surface area contributed by atoms with Crippen molar-refractivity contribution < 1.29 is 23.8 Å². The first kappa shape index (κ1) is 27.6. The lowest BCUT2D eigenvalue weighted by molar-refractivity contribution is -0.137. The van der Waals surface area contributed by atoms with E-state index in [1.165, 1.54) is 11.6 Å². The number of amides is 1. The number of rotatable bonds is 11. The molecular formula is C31H33ClFNO4. The Morgan fingerprint density at radius 1 is 1.05 bits per heavy atom. The summed E-state index contributed by atoms with van der Waals surface area (Å²) in [4.78, 5) is 26.4. The molecule has 1 atom stereocenters. The van der Waals surface area contributed by atoms with Gasteiger partial charge in [-0.2, -0.15) is 0 Å². The lowest BCUT2D eigenvalue weighted by Gasteiger charge is -2.24. The number of carbonyl (C=O) groups is 2. The van der Waals surface area contributed by atoms with E-state index in [4.69, 9.17) is 16.3 Å². The number of carbonyl (C=O) groups excluding carboxylic acids is 1. The lowest BCUT2D eigenvalue weighted by atomic mass is 9.91. The number of carboxylic acid groups (broad SMARTS) is 1. The minimum Gasteiger partial charge on any atom is -0.487 e. The molecule has 1 aliphatic rings. The minimum atomic E-state index is -0.947. The molecule has 0 spiro atoms. The van der Waals surface area contributed by atoms with Crippen molar-refractivity contribution >= 4 is 23.5 Å². The van der Waals surface area contributed by atoms with E-state index in [9.17, 15) is 19.1 Å². The average Bonchev–Trinajstić information content (AvgIpc) is 3.22. The molecule has 3 aromatic rings. The molecule has 0 bridgehead atoms. The highest BCUT2D eigenvalue weighted by atomic mass is 35.5. The maximum Gasteiger partial charge on any atom is 0.305 e. The summed E-state index contributed by atoms with van der Waals surface area (Å²) in [6.07, 6.45) is 4.25. The number of carboxylic acids is 1. The van der Waals surface area contributed by atoms with Crippen molar-refractivity contribution in [3.63, 3.8) is 0 Å². The standard InChI is InChI=1S/C31H33ClFNO4/c1-3-4-5-21-6-8-22(9-7-21)20-34(15-14-29(35)36)30(37)24-11-13-28-25(17-24)19-31(2,38-28)18-23-10-12-27(33)26(32)16-23/h6-13,16-17H,3-5,14-15,18-20H2,1-2H3,(H,35,36)/t31-/m0/s1. The van der Waals surface area contributed by atoms with Gasteiger partial charge in [0, 0.05) is 31.5 Å². The van der Waals surface area contributed by atoms with Gasteiger partial charge in [0.25, 0.3) is 5.91 Å². The second-order valence-electron chi connectivity index (χ2n) is 10.3. The Labute approximate surface area is 228 Å². The molecule has 7 heteroatoms. The maximum atomic E-state index is 13.6. The van der Waals surface area contributed by atoms with Gasteiger partial charge >= 0.3 is 5.97 Å². The predicted molar refractivity (Wildman–Crippen MR) is 146 cm³/mol. The van der Waals surface area contributed by atoms with Gasteiger partial charge in [-0.3, -0.25) is 9.59 Å². The lowest BCUT2D eigenvalue weighted by Crippen LogP contribution is -2.33. The highest BCUT2D eigenvalue weighted by Crippen LogP contribution is 2.38. The fraction of sp³-hybridized carbons (Fsp3) is 0.355. The van der Waals surface area contributed by atoms with Crippen LogP contribution >= 0.6 is 11.6 Å². The third-order valence-electron chi connectivity index (χ3n) is 6.89. The third kappa shape index (κ3) is 6.93. The Balaban J connectivity index is 1.49. The number of hydrogen-bond donors (Lipinski definition) is 1. The summed E-state index contributed by atoms with van der Waals surface area (Å²) >= 11 is 5.96. The van der Waals surface area contributed by atoms with E-state index < -0.39 is 17.4 Å². The highest BCUT2D eigenvalue weighted by molar-refractivity contribution is 6.30. The van der Waals surface area contributed by atoms with Crippen LogP contribution in [0.3, 0.4) is 0 Å². The van der Waals surface area contributed by atoms with E-state index >= 15 is 0 Å². The molecule has 1 heterocycles. The van der Waals surface area contributed by atoms with Crippen molar-refractivity contribution in [2.45, 2.75) is 64.5 Å². The number of aryl methyl sites for hydroxylation is 1. The third-order valence-corrected chi connectivity index (χ3v) is 7.18. The highest BCUT2D eigenvalue weighted by Gasteiger charge is 2.35. The van der Waals surface area contributed by atoms with E-state index in [-0.39, 0.29) is 23.9 Å². The van der Waals surface area contributed by atoms with Crippen molar-refractivity contribution in [2.24, 2.45) is 0 Å². The number of unbranched alkanes of at least 4 members (excludes halogenated alkanes) is 1. The van der Waals surface area contributed by atoms with Gasteiger partial charge in [0.15, 0.2) is 0 Å². The molecule has 38 heavy (non-hydrogen) atoms. The van der Waals surface area contributed by atoms with Gasteiger partial charge in [0.1, 0.15) is 17.2 Å². The molecule has 0 saturated carbocycles. The van der Waals surface area contributed by atoms with Crippen LogP contribution in [-0.4, -0.2) is 34.0 Å². The zero-order valence-electron chi connectivity index (χ0n) is 21.8. The van der Waals surface area contributed by atoms with Crippen molar-refractivity contribution in [2.75, 3.05) is 6.54 Å². The van der Waals surface area contributed by atoms with E-state index in [0.29, 0.717) is 30.7 Å². The van der Waals surface area contributed by atoms with E-state index in [0.717, 1.165) is 36.0 Å². The van der Waals surface area contributed by atoms with Crippen LogP contribution in [0.15, 0.2) is 60.7 Å². The molecule has 0 radical (unpaired) electrons. The van der Waals surface area contributed by atoms with Crippen LogP contribution in [0.2, 0.25) is 5.02 Å². The van der Waals surface area contributed by atoms with Crippen molar-refractivity contribution in [1.29, 1.82) is 0 Å². The van der Waals surface area contributed by atoms with Gasteiger partial charge in [-0.05, 0) is 72.4 Å². The number of benzene rings is 3. The summed E-state index contributed by atoms with van der Waals surface area (Å²) < 4.78 is 19.8. The van der Waals surface area contributed by atoms with Crippen molar-refractivity contribution in [3.8, 4) is 5.75 Å². The monoisotopic (exact) mass is 537 g/mol. The summed E-state index contributed by atoms with van der Waals surface area (Å²) in [5, 5.41) is 9.33. The minimum absolute atomic E-state index is 0.0755. The number of halogens is 2. The second kappa shape index (κ2) is 12.0. The number of nitrogens with zero attached hydrogens (tertiary/aromatic N) is 1. The fourth-order valence-electron chi connectivity index (χ4n) is 4.91. The molecule has 5 nitrogen and oxygen atoms in total. The molecule has 4 rings (SSSR count). The molecule has 3 aromatic carbocycles. The molecule has 200 valence electrons. The quantitative estimate of drug-likeness (QED) is 0.290. The SMILES string of the molecule is CCCCc1ccc(CN(CCC(=O)O)C(=O)c2ccc3c(c2)C[C@](C)(Cc2ccc(F)c(Cl)c2)O3)cc1. The van der Waals surface area contributed by atoms with Crippen LogP contribution in [0.1, 0.15) is 65.7 Å². The molecule has 0 saturated heterocycles. The second-order valence-corrected chi connectivity index (χ2v) is 10.7. The summed E-state index contributed by atoms with van der Waals surface area (Å²) in [6.45, 7) is 4.59. The Kier molecular flexibility index (Phi) is 8.72. The van der Waals surface area contributed by atoms with E-state index in [1.807, 2.05) is 25.1 Å². The largest absolute Gasteiger partial charge is 0.487 e. The van der Waals surface area contributed by atoms with Gasteiger partial charge < -0.3 is 14.7 Å². The number of hydrogen-bond acceptors (Lipinski definition) is 3. The first-order valence-corrected chi connectivity index (χ1v) is 13.4. The molecule has 1 aliphatic heterocycles. The summed E-state index contributed by atoms with van der Waals surface area (Å²) in [5.74, 6) is -0.920. The molecule has 1 amide bonds. The summed E-state index contributed by atoms with van der Waals surface area (Å²) in [5.41, 5.74) is 3.91. The zero-order valence-corrected chi connectivity index (χ0v) is 22.6. The predicted octanol–water partition coefficient (Wildman–Crippen LogP) is 6.88. The number of aliphatic carboxylic acids is 1.